The Morgan fingerprint density at radius 1 is 1.41 bits per heavy atom. The number of aromatic nitrogens is 1. The molecule has 2 N–H and O–H groups in total. The summed E-state index contributed by atoms with van der Waals surface area (Å²) in [7, 11) is 0. The molecule has 1 atom stereocenters. The highest BCUT2D eigenvalue weighted by atomic mass is 35.5. The number of anilines is 1. The maximum Gasteiger partial charge on any atom is 0.220 e. The van der Waals surface area contributed by atoms with Gasteiger partial charge in [0, 0.05) is 19.0 Å². The molecule has 1 aliphatic heterocycles. The van der Waals surface area contributed by atoms with Crippen LogP contribution in [0.3, 0.4) is 0 Å². The van der Waals surface area contributed by atoms with Crippen LogP contribution in [0.2, 0.25) is 15.2 Å². The first kappa shape index (κ1) is 12.7. The quantitative estimate of drug-likeness (QED) is 0.843. The fourth-order valence-corrected chi connectivity index (χ4v) is 2.18. The van der Waals surface area contributed by atoms with Crippen molar-refractivity contribution in [1.82, 2.24) is 10.3 Å². The summed E-state index contributed by atoms with van der Waals surface area (Å²) < 4.78 is 0. The Bertz CT molecular complexity index is 453. The van der Waals surface area contributed by atoms with Crippen molar-refractivity contribution in [3.05, 3.63) is 21.3 Å². The number of carbonyl (C=O) groups is 1. The Morgan fingerprint density at radius 2 is 2.18 bits per heavy atom. The second-order valence-electron chi connectivity index (χ2n) is 3.78. The highest BCUT2D eigenvalue weighted by molar-refractivity contribution is 6.42. The van der Waals surface area contributed by atoms with Crippen LogP contribution in [0.25, 0.3) is 0 Å². The maximum atomic E-state index is 11.0. The molecule has 0 aromatic carbocycles. The molecule has 2 heterocycles. The largest absolute Gasteiger partial charge is 0.367 e. The van der Waals surface area contributed by atoms with Crippen LogP contribution in [-0.4, -0.2) is 23.5 Å². The summed E-state index contributed by atoms with van der Waals surface area (Å²) in [6.07, 6.45) is 1.37. The number of hydrogen-bond acceptors (Lipinski definition) is 3. The molecule has 1 unspecified atom stereocenters. The average Bonchev–Trinajstić information content (AvgIpc) is 2.68. The van der Waals surface area contributed by atoms with Gasteiger partial charge in [0.25, 0.3) is 0 Å². The molecule has 4 nitrogen and oxygen atoms in total. The minimum absolute atomic E-state index is 0.0741. The summed E-state index contributed by atoms with van der Waals surface area (Å²) in [6, 6.07) is 1.64. The van der Waals surface area contributed by atoms with E-state index in [1.807, 2.05) is 0 Å². The number of amides is 1. The Morgan fingerprint density at radius 3 is 2.82 bits per heavy atom. The van der Waals surface area contributed by atoms with Crippen LogP contribution < -0.4 is 10.6 Å². The summed E-state index contributed by atoms with van der Waals surface area (Å²) in [5.74, 6) is 0.548. The molecule has 1 aromatic rings. The fourth-order valence-electron chi connectivity index (χ4n) is 1.62. The van der Waals surface area contributed by atoms with Crippen molar-refractivity contribution in [2.75, 3.05) is 11.9 Å². The van der Waals surface area contributed by atoms with Crippen LogP contribution >= 0.6 is 34.8 Å². The Hall–Kier alpha value is -0.710. The van der Waals surface area contributed by atoms with Gasteiger partial charge >= 0.3 is 0 Å². The summed E-state index contributed by atoms with van der Waals surface area (Å²) in [5, 5.41) is 6.81. The third-order valence-corrected chi connectivity index (χ3v) is 3.45. The molecule has 1 aliphatic rings. The van der Waals surface area contributed by atoms with Crippen molar-refractivity contribution in [1.29, 1.82) is 0 Å². The topological polar surface area (TPSA) is 54.0 Å². The van der Waals surface area contributed by atoms with Gasteiger partial charge in [-0.1, -0.05) is 34.8 Å². The fraction of sp³-hybridized carbons (Fsp3) is 0.400. The van der Waals surface area contributed by atoms with E-state index in [1.54, 1.807) is 0 Å². The van der Waals surface area contributed by atoms with Gasteiger partial charge in [0.2, 0.25) is 5.91 Å². The first-order chi connectivity index (χ1) is 8.06. The highest BCUT2D eigenvalue weighted by Gasteiger charge is 2.20. The maximum absolute atomic E-state index is 11.0. The number of halogens is 3. The third-order valence-electron chi connectivity index (χ3n) is 2.49. The van der Waals surface area contributed by atoms with E-state index >= 15 is 0 Å². The van der Waals surface area contributed by atoms with Crippen molar-refractivity contribution in [3.63, 3.8) is 0 Å². The van der Waals surface area contributed by atoms with Gasteiger partial charge in [-0.25, -0.2) is 4.98 Å². The van der Waals surface area contributed by atoms with Gasteiger partial charge in [-0.3, -0.25) is 4.79 Å². The summed E-state index contributed by atoms with van der Waals surface area (Å²) >= 11 is 17.5. The molecule has 1 saturated heterocycles. The van der Waals surface area contributed by atoms with E-state index < -0.39 is 0 Å². The number of pyridine rings is 1. The number of nitrogens with one attached hydrogen (secondary N) is 2. The number of hydrogen-bond donors (Lipinski definition) is 2. The molecule has 2 rings (SSSR count). The van der Waals surface area contributed by atoms with Crippen LogP contribution in [0.15, 0.2) is 6.07 Å². The summed E-state index contributed by atoms with van der Waals surface area (Å²) in [5.41, 5.74) is 0. The van der Waals surface area contributed by atoms with E-state index in [0.29, 0.717) is 28.8 Å². The standard InChI is InChI=1S/C10H10Cl3N3O/c11-6-3-7(12)10(16-9(6)13)14-4-5-1-2-8(17)15-5/h3,5H,1-2,4H2,(H,14,16)(H,15,17). The van der Waals surface area contributed by atoms with E-state index in [4.69, 9.17) is 34.8 Å². The monoisotopic (exact) mass is 293 g/mol. The zero-order valence-electron chi connectivity index (χ0n) is 8.77. The lowest BCUT2D eigenvalue weighted by Gasteiger charge is -2.13. The van der Waals surface area contributed by atoms with E-state index in [2.05, 4.69) is 15.6 Å². The predicted octanol–water partition coefficient (Wildman–Crippen LogP) is 2.73. The molecule has 0 aliphatic carbocycles. The smallest absolute Gasteiger partial charge is 0.220 e. The molecule has 0 radical (unpaired) electrons. The van der Waals surface area contributed by atoms with Crippen LogP contribution in [0.1, 0.15) is 12.8 Å². The Kier molecular flexibility index (Phi) is 3.97. The normalized spacial score (nSPS) is 19.2. The van der Waals surface area contributed by atoms with E-state index in [1.165, 1.54) is 6.07 Å². The van der Waals surface area contributed by atoms with Crippen LogP contribution in [-0.2, 0) is 4.79 Å². The van der Waals surface area contributed by atoms with E-state index in [0.717, 1.165) is 6.42 Å². The minimum atomic E-state index is 0.0741. The second-order valence-corrected chi connectivity index (χ2v) is 4.95. The number of carbonyl (C=O) groups excluding carboxylic acids is 1. The van der Waals surface area contributed by atoms with Crippen LogP contribution in [0, 0.1) is 0 Å². The van der Waals surface area contributed by atoms with Crippen LogP contribution in [0.4, 0.5) is 5.82 Å². The molecule has 0 saturated carbocycles. The predicted molar refractivity (Wildman–Crippen MR) is 68.9 cm³/mol. The molecule has 0 bridgehead atoms. The zero-order valence-corrected chi connectivity index (χ0v) is 11.0. The minimum Gasteiger partial charge on any atom is -0.367 e. The van der Waals surface area contributed by atoms with Gasteiger partial charge < -0.3 is 10.6 Å². The van der Waals surface area contributed by atoms with Gasteiger partial charge in [-0.05, 0) is 12.5 Å². The lowest BCUT2D eigenvalue weighted by atomic mass is 10.2. The Balaban J connectivity index is 1.99. The average molecular weight is 295 g/mol. The molecule has 17 heavy (non-hydrogen) atoms. The highest BCUT2D eigenvalue weighted by Crippen LogP contribution is 2.28. The molecule has 1 amide bonds. The number of nitrogens with zero attached hydrogens (tertiary/aromatic N) is 1. The lowest BCUT2D eigenvalue weighted by molar-refractivity contribution is -0.119. The van der Waals surface area contributed by atoms with Crippen molar-refractivity contribution in [3.8, 4) is 0 Å². The van der Waals surface area contributed by atoms with Gasteiger partial charge in [0.1, 0.15) is 11.0 Å². The van der Waals surface area contributed by atoms with Crippen molar-refractivity contribution in [2.24, 2.45) is 0 Å². The van der Waals surface area contributed by atoms with Gasteiger partial charge in [0.15, 0.2) is 0 Å². The van der Waals surface area contributed by atoms with Crippen LogP contribution in [0.5, 0.6) is 0 Å². The van der Waals surface area contributed by atoms with Gasteiger partial charge in [-0.2, -0.15) is 0 Å². The Labute approximate surface area is 114 Å². The lowest BCUT2D eigenvalue weighted by Crippen LogP contribution is -2.32. The second kappa shape index (κ2) is 5.29. The van der Waals surface area contributed by atoms with E-state index in [-0.39, 0.29) is 17.1 Å². The number of rotatable bonds is 3. The van der Waals surface area contributed by atoms with Gasteiger partial charge in [0.05, 0.1) is 10.0 Å². The zero-order chi connectivity index (χ0) is 12.4. The van der Waals surface area contributed by atoms with E-state index in [9.17, 15) is 4.79 Å². The van der Waals surface area contributed by atoms with Crippen molar-refractivity contribution >= 4 is 46.5 Å². The van der Waals surface area contributed by atoms with Crippen molar-refractivity contribution in [2.45, 2.75) is 18.9 Å². The molecule has 92 valence electrons. The van der Waals surface area contributed by atoms with Crippen molar-refractivity contribution < 1.29 is 4.79 Å². The molecule has 1 fully saturated rings. The summed E-state index contributed by atoms with van der Waals surface area (Å²) in [6.45, 7) is 0.566. The summed E-state index contributed by atoms with van der Waals surface area (Å²) in [4.78, 5) is 15.0. The molecule has 7 heteroatoms. The first-order valence-electron chi connectivity index (χ1n) is 5.11. The molecular formula is C10H10Cl3N3O. The molecule has 0 spiro atoms. The molecular weight excluding hydrogens is 284 g/mol. The third kappa shape index (κ3) is 3.15. The first-order valence-corrected chi connectivity index (χ1v) is 6.24. The van der Waals surface area contributed by atoms with Gasteiger partial charge in [-0.15, -0.1) is 0 Å². The SMILES string of the molecule is O=C1CCC(CNc2nc(Cl)c(Cl)cc2Cl)N1. The molecule has 1 aromatic heterocycles.